The minimum absolute atomic E-state index is 0.249. The van der Waals surface area contributed by atoms with E-state index in [0.29, 0.717) is 0 Å². The van der Waals surface area contributed by atoms with Gasteiger partial charge in [-0.1, -0.05) is 38.5 Å². The second-order valence-electron chi connectivity index (χ2n) is 5.92. The number of nitrogens with zero attached hydrogens (tertiary/aromatic N) is 1. The van der Waals surface area contributed by atoms with E-state index in [4.69, 9.17) is 5.73 Å². The second kappa shape index (κ2) is 5.75. The topological polar surface area (TPSA) is 29.3 Å². The summed E-state index contributed by atoms with van der Waals surface area (Å²) in [4.78, 5) is 2.54. The molecule has 0 aromatic heterocycles. The molecule has 0 amide bonds. The van der Waals surface area contributed by atoms with Gasteiger partial charge in [0.25, 0.3) is 0 Å². The number of fused-ring (bicyclic) bond motifs is 1. The number of benzene rings is 1. The zero-order valence-corrected chi connectivity index (χ0v) is 11.8. The number of hydrogen-bond donors (Lipinski definition) is 1. The fourth-order valence-electron chi connectivity index (χ4n) is 3.09. The summed E-state index contributed by atoms with van der Waals surface area (Å²) in [5.41, 5.74) is 9.18. The Labute approximate surface area is 111 Å². The van der Waals surface area contributed by atoms with Gasteiger partial charge in [-0.15, -0.1) is 0 Å². The number of anilines is 1. The third kappa shape index (κ3) is 2.86. The molecule has 1 unspecified atom stereocenters. The van der Waals surface area contributed by atoms with Crippen LogP contribution in [-0.2, 0) is 6.42 Å². The van der Waals surface area contributed by atoms with E-state index in [1.807, 2.05) is 0 Å². The molecule has 0 bridgehead atoms. The molecule has 2 rings (SSSR count). The van der Waals surface area contributed by atoms with Gasteiger partial charge in [0.1, 0.15) is 0 Å². The SMILES string of the molecule is CCCC(C)(CN)CN1CCCc2ccccc21. The highest BCUT2D eigenvalue weighted by molar-refractivity contribution is 5.55. The maximum Gasteiger partial charge on any atom is 0.0398 e. The third-order valence-electron chi connectivity index (χ3n) is 4.13. The summed E-state index contributed by atoms with van der Waals surface area (Å²) in [5.74, 6) is 0. The summed E-state index contributed by atoms with van der Waals surface area (Å²) in [6, 6.07) is 8.83. The highest BCUT2D eigenvalue weighted by Gasteiger charge is 2.27. The monoisotopic (exact) mass is 246 g/mol. The number of nitrogens with two attached hydrogens (primary N) is 1. The number of rotatable bonds is 5. The van der Waals surface area contributed by atoms with Crippen LogP contribution in [-0.4, -0.2) is 19.6 Å². The number of hydrogen-bond acceptors (Lipinski definition) is 2. The first kappa shape index (κ1) is 13.4. The molecule has 2 N–H and O–H groups in total. The summed E-state index contributed by atoms with van der Waals surface area (Å²) in [5, 5.41) is 0. The van der Waals surface area contributed by atoms with Crippen LogP contribution in [0.1, 0.15) is 38.7 Å². The van der Waals surface area contributed by atoms with Gasteiger partial charge < -0.3 is 10.6 Å². The summed E-state index contributed by atoms with van der Waals surface area (Å²) < 4.78 is 0. The Kier molecular flexibility index (Phi) is 4.28. The van der Waals surface area contributed by atoms with Crippen molar-refractivity contribution in [1.29, 1.82) is 0 Å². The smallest absolute Gasteiger partial charge is 0.0398 e. The number of aryl methyl sites for hydroxylation is 1. The van der Waals surface area contributed by atoms with Gasteiger partial charge in [0.15, 0.2) is 0 Å². The van der Waals surface area contributed by atoms with Gasteiger partial charge in [0.05, 0.1) is 0 Å². The molecule has 1 aliphatic rings. The lowest BCUT2D eigenvalue weighted by atomic mass is 9.84. The average molecular weight is 246 g/mol. The van der Waals surface area contributed by atoms with Crippen molar-refractivity contribution in [3.63, 3.8) is 0 Å². The third-order valence-corrected chi connectivity index (χ3v) is 4.13. The Morgan fingerprint density at radius 1 is 1.33 bits per heavy atom. The molecule has 1 atom stereocenters. The fraction of sp³-hybridized carbons (Fsp3) is 0.625. The van der Waals surface area contributed by atoms with Crippen LogP contribution in [0.4, 0.5) is 5.69 Å². The minimum Gasteiger partial charge on any atom is -0.371 e. The van der Waals surface area contributed by atoms with Crippen LogP contribution in [0.25, 0.3) is 0 Å². The Morgan fingerprint density at radius 2 is 2.11 bits per heavy atom. The van der Waals surface area contributed by atoms with Gasteiger partial charge in [-0.05, 0) is 42.9 Å². The van der Waals surface area contributed by atoms with Crippen LogP contribution in [0.15, 0.2) is 24.3 Å². The Hall–Kier alpha value is -1.02. The van der Waals surface area contributed by atoms with E-state index in [1.54, 1.807) is 0 Å². The lowest BCUT2D eigenvalue weighted by Gasteiger charge is -2.39. The van der Waals surface area contributed by atoms with Crippen molar-refractivity contribution in [1.82, 2.24) is 0 Å². The van der Waals surface area contributed by atoms with Crippen molar-refractivity contribution in [3.8, 4) is 0 Å². The molecular weight excluding hydrogens is 220 g/mol. The van der Waals surface area contributed by atoms with Crippen molar-refractivity contribution in [3.05, 3.63) is 29.8 Å². The normalized spacial score (nSPS) is 18.3. The minimum atomic E-state index is 0.249. The van der Waals surface area contributed by atoms with Gasteiger partial charge in [0.2, 0.25) is 0 Å². The molecule has 0 radical (unpaired) electrons. The molecule has 100 valence electrons. The molecule has 2 heteroatoms. The molecule has 0 spiro atoms. The summed E-state index contributed by atoms with van der Waals surface area (Å²) >= 11 is 0. The molecule has 0 fully saturated rings. The van der Waals surface area contributed by atoms with E-state index in [0.717, 1.165) is 13.1 Å². The summed E-state index contributed by atoms with van der Waals surface area (Å²) in [7, 11) is 0. The van der Waals surface area contributed by atoms with E-state index in [2.05, 4.69) is 43.0 Å². The second-order valence-corrected chi connectivity index (χ2v) is 5.92. The van der Waals surface area contributed by atoms with E-state index in [9.17, 15) is 0 Å². The van der Waals surface area contributed by atoms with Gasteiger partial charge in [-0.3, -0.25) is 0 Å². The Morgan fingerprint density at radius 3 is 2.83 bits per heavy atom. The van der Waals surface area contributed by atoms with Crippen LogP contribution in [0, 0.1) is 5.41 Å². The maximum absolute atomic E-state index is 6.00. The van der Waals surface area contributed by atoms with Crippen LogP contribution < -0.4 is 10.6 Å². The van der Waals surface area contributed by atoms with Crippen molar-refractivity contribution >= 4 is 5.69 Å². The van der Waals surface area contributed by atoms with Gasteiger partial charge in [-0.25, -0.2) is 0 Å². The molecule has 0 saturated carbocycles. The predicted octanol–water partition coefficient (Wildman–Crippen LogP) is 3.20. The molecule has 1 aromatic carbocycles. The van der Waals surface area contributed by atoms with E-state index in [1.165, 1.54) is 43.5 Å². The zero-order valence-electron chi connectivity index (χ0n) is 11.8. The summed E-state index contributed by atoms with van der Waals surface area (Å²) in [6.45, 7) is 7.62. The molecule has 0 aliphatic carbocycles. The molecule has 1 aromatic rings. The highest BCUT2D eigenvalue weighted by Crippen LogP contribution is 2.31. The van der Waals surface area contributed by atoms with Crippen LogP contribution in [0.5, 0.6) is 0 Å². The number of para-hydroxylation sites is 1. The van der Waals surface area contributed by atoms with Crippen LogP contribution in [0.2, 0.25) is 0 Å². The first-order valence-electron chi connectivity index (χ1n) is 7.21. The van der Waals surface area contributed by atoms with Crippen LogP contribution >= 0.6 is 0 Å². The highest BCUT2D eigenvalue weighted by atomic mass is 15.1. The lowest BCUT2D eigenvalue weighted by molar-refractivity contribution is 0.305. The average Bonchev–Trinajstić information content (AvgIpc) is 2.39. The molecule has 1 heterocycles. The lowest BCUT2D eigenvalue weighted by Crippen LogP contribution is -2.42. The van der Waals surface area contributed by atoms with Crippen molar-refractivity contribution in [2.24, 2.45) is 11.1 Å². The van der Waals surface area contributed by atoms with Crippen molar-refractivity contribution in [2.45, 2.75) is 39.5 Å². The van der Waals surface area contributed by atoms with Gasteiger partial charge in [0, 0.05) is 18.8 Å². The van der Waals surface area contributed by atoms with Crippen molar-refractivity contribution in [2.75, 3.05) is 24.5 Å². The predicted molar refractivity (Wildman–Crippen MR) is 79.0 cm³/mol. The molecule has 18 heavy (non-hydrogen) atoms. The Balaban J connectivity index is 2.15. The molecule has 2 nitrogen and oxygen atoms in total. The first-order chi connectivity index (χ1) is 8.68. The standard InChI is InChI=1S/C16H26N2/c1-3-10-16(2,12-17)13-18-11-6-8-14-7-4-5-9-15(14)18/h4-5,7,9H,3,6,8,10-13,17H2,1-2H3. The van der Waals surface area contributed by atoms with E-state index in [-0.39, 0.29) is 5.41 Å². The zero-order chi connectivity index (χ0) is 13.0. The molecule has 0 saturated heterocycles. The van der Waals surface area contributed by atoms with E-state index < -0.39 is 0 Å². The van der Waals surface area contributed by atoms with Gasteiger partial charge in [-0.2, -0.15) is 0 Å². The maximum atomic E-state index is 6.00. The quantitative estimate of drug-likeness (QED) is 0.864. The first-order valence-corrected chi connectivity index (χ1v) is 7.21. The molecular formula is C16H26N2. The Bertz CT molecular complexity index is 388. The van der Waals surface area contributed by atoms with Crippen molar-refractivity contribution < 1.29 is 0 Å². The largest absolute Gasteiger partial charge is 0.371 e. The summed E-state index contributed by atoms with van der Waals surface area (Å²) in [6.07, 6.45) is 4.91. The van der Waals surface area contributed by atoms with E-state index >= 15 is 0 Å². The van der Waals surface area contributed by atoms with Gasteiger partial charge >= 0.3 is 0 Å². The van der Waals surface area contributed by atoms with Crippen LogP contribution in [0.3, 0.4) is 0 Å². The fourth-order valence-corrected chi connectivity index (χ4v) is 3.09. The molecule has 1 aliphatic heterocycles.